The first-order chi connectivity index (χ1) is 5.88. The monoisotopic (exact) mass is 164 g/mol. The van der Waals surface area contributed by atoms with E-state index in [1.807, 2.05) is 19.1 Å². The van der Waals surface area contributed by atoms with E-state index in [1.165, 1.54) is 11.1 Å². The lowest BCUT2D eigenvalue weighted by molar-refractivity contribution is -0.0810. The average Bonchev–Trinajstić information content (AvgIpc) is 2.29. The second-order valence-electron chi connectivity index (χ2n) is 2.97. The first kappa shape index (κ1) is 7.77. The summed E-state index contributed by atoms with van der Waals surface area (Å²) in [5.74, 6) is 0. The molecule has 0 fully saturated rings. The Balaban J connectivity index is 2.39. The summed E-state index contributed by atoms with van der Waals surface area (Å²) in [6, 6.07) is 8.24. The molecule has 1 aromatic rings. The Morgan fingerprint density at radius 1 is 1.33 bits per heavy atom. The maximum Gasteiger partial charge on any atom is 0.147 e. The highest BCUT2D eigenvalue weighted by molar-refractivity contribution is 5.28. The van der Waals surface area contributed by atoms with Gasteiger partial charge in [-0.15, -0.1) is 0 Å². The molecule has 2 heteroatoms. The summed E-state index contributed by atoms with van der Waals surface area (Å²) >= 11 is 0. The fourth-order valence-corrected chi connectivity index (χ4v) is 1.45. The molecule has 1 unspecified atom stereocenters. The van der Waals surface area contributed by atoms with Crippen molar-refractivity contribution in [3.05, 3.63) is 35.4 Å². The number of hydrogen-bond acceptors (Lipinski definition) is 2. The van der Waals surface area contributed by atoms with Crippen LogP contribution in [0.4, 0.5) is 0 Å². The third-order valence-electron chi connectivity index (χ3n) is 2.15. The molecule has 64 valence electrons. The zero-order valence-electron chi connectivity index (χ0n) is 7.12. The van der Waals surface area contributed by atoms with Crippen molar-refractivity contribution in [2.24, 2.45) is 0 Å². The maximum absolute atomic E-state index is 5.41. The molecule has 1 aliphatic rings. The number of rotatable bonds is 0. The first-order valence-electron chi connectivity index (χ1n) is 4.15. The fourth-order valence-electron chi connectivity index (χ4n) is 1.45. The topological polar surface area (TPSA) is 18.5 Å². The Hall–Kier alpha value is -0.860. The van der Waals surface area contributed by atoms with Crippen LogP contribution in [-0.2, 0) is 16.1 Å². The zero-order chi connectivity index (χ0) is 8.39. The van der Waals surface area contributed by atoms with Crippen LogP contribution in [0.5, 0.6) is 0 Å². The summed E-state index contributed by atoms with van der Waals surface area (Å²) in [5, 5.41) is 0. The van der Waals surface area contributed by atoms with Gasteiger partial charge in [-0.1, -0.05) is 24.3 Å². The summed E-state index contributed by atoms with van der Waals surface area (Å²) in [4.78, 5) is 0. The minimum Gasteiger partial charge on any atom is -0.351 e. The van der Waals surface area contributed by atoms with Gasteiger partial charge >= 0.3 is 0 Å². The van der Waals surface area contributed by atoms with Crippen LogP contribution in [0.25, 0.3) is 0 Å². The van der Waals surface area contributed by atoms with Gasteiger partial charge < -0.3 is 9.47 Å². The molecule has 0 N–H and O–H groups in total. The van der Waals surface area contributed by atoms with Gasteiger partial charge in [0.15, 0.2) is 0 Å². The summed E-state index contributed by atoms with van der Waals surface area (Å²) < 4.78 is 10.7. The van der Waals surface area contributed by atoms with Crippen LogP contribution in [0.1, 0.15) is 24.2 Å². The Kier molecular flexibility index (Phi) is 2.11. The van der Waals surface area contributed by atoms with Gasteiger partial charge in [0.05, 0.1) is 12.7 Å². The van der Waals surface area contributed by atoms with Crippen LogP contribution in [-0.4, -0.2) is 6.79 Å². The average molecular weight is 164 g/mol. The van der Waals surface area contributed by atoms with Crippen molar-refractivity contribution in [2.45, 2.75) is 19.6 Å². The molecule has 0 bridgehead atoms. The van der Waals surface area contributed by atoms with Crippen molar-refractivity contribution >= 4 is 0 Å². The van der Waals surface area contributed by atoms with Crippen molar-refractivity contribution in [3.63, 3.8) is 0 Å². The molecule has 1 atom stereocenters. The van der Waals surface area contributed by atoms with E-state index in [0.29, 0.717) is 13.4 Å². The normalized spacial score (nSPS) is 22.9. The van der Waals surface area contributed by atoms with Gasteiger partial charge in [-0.05, 0) is 18.1 Å². The van der Waals surface area contributed by atoms with Gasteiger partial charge in [-0.25, -0.2) is 0 Å². The lowest BCUT2D eigenvalue weighted by atomic mass is 10.0. The summed E-state index contributed by atoms with van der Waals surface area (Å²) in [6.45, 7) is 3.11. The van der Waals surface area contributed by atoms with E-state index >= 15 is 0 Å². The Bertz CT molecular complexity index is 270. The van der Waals surface area contributed by atoms with Crippen molar-refractivity contribution in [3.8, 4) is 0 Å². The van der Waals surface area contributed by atoms with Crippen molar-refractivity contribution in [1.29, 1.82) is 0 Å². The molecule has 0 aromatic heterocycles. The van der Waals surface area contributed by atoms with E-state index in [4.69, 9.17) is 9.47 Å². The lowest BCUT2D eigenvalue weighted by Crippen LogP contribution is -1.99. The molecular formula is C10H12O2. The summed E-state index contributed by atoms with van der Waals surface area (Å²) in [5.41, 5.74) is 2.48. The molecule has 12 heavy (non-hydrogen) atoms. The second-order valence-corrected chi connectivity index (χ2v) is 2.97. The SMILES string of the molecule is CC1OCOCc2ccccc21. The molecule has 2 rings (SSSR count). The van der Waals surface area contributed by atoms with Gasteiger partial charge in [0.2, 0.25) is 0 Å². The van der Waals surface area contributed by atoms with Crippen LogP contribution < -0.4 is 0 Å². The zero-order valence-corrected chi connectivity index (χ0v) is 7.12. The van der Waals surface area contributed by atoms with E-state index in [-0.39, 0.29) is 6.10 Å². The Morgan fingerprint density at radius 3 is 3.08 bits per heavy atom. The van der Waals surface area contributed by atoms with Crippen LogP contribution in [0, 0.1) is 0 Å². The van der Waals surface area contributed by atoms with Crippen molar-refractivity contribution in [2.75, 3.05) is 6.79 Å². The minimum absolute atomic E-state index is 0.156. The van der Waals surface area contributed by atoms with Crippen molar-refractivity contribution in [1.82, 2.24) is 0 Å². The summed E-state index contributed by atoms with van der Waals surface area (Å²) in [6.07, 6.45) is 0.156. The fraction of sp³-hybridized carbons (Fsp3) is 0.400. The molecule has 1 aliphatic heterocycles. The highest BCUT2D eigenvalue weighted by Gasteiger charge is 2.13. The lowest BCUT2D eigenvalue weighted by Gasteiger charge is -2.10. The number of fused-ring (bicyclic) bond motifs is 1. The van der Waals surface area contributed by atoms with Crippen molar-refractivity contribution < 1.29 is 9.47 Å². The summed E-state index contributed by atoms with van der Waals surface area (Å²) in [7, 11) is 0. The number of hydrogen-bond donors (Lipinski definition) is 0. The van der Waals surface area contributed by atoms with E-state index in [2.05, 4.69) is 12.1 Å². The van der Waals surface area contributed by atoms with E-state index < -0.39 is 0 Å². The maximum atomic E-state index is 5.41. The molecule has 0 amide bonds. The van der Waals surface area contributed by atoms with Crippen LogP contribution >= 0.6 is 0 Å². The van der Waals surface area contributed by atoms with Crippen LogP contribution in [0.15, 0.2) is 24.3 Å². The molecule has 1 aromatic carbocycles. The van der Waals surface area contributed by atoms with E-state index in [1.54, 1.807) is 0 Å². The smallest absolute Gasteiger partial charge is 0.147 e. The minimum atomic E-state index is 0.156. The van der Waals surface area contributed by atoms with E-state index in [9.17, 15) is 0 Å². The predicted octanol–water partition coefficient (Wildman–Crippen LogP) is 2.25. The van der Waals surface area contributed by atoms with E-state index in [0.717, 1.165) is 0 Å². The number of ether oxygens (including phenoxy) is 2. The van der Waals surface area contributed by atoms with Gasteiger partial charge in [-0.3, -0.25) is 0 Å². The molecular weight excluding hydrogens is 152 g/mol. The van der Waals surface area contributed by atoms with Gasteiger partial charge in [0.25, 0.3) is 0 Å². The Labute approximate surface area is 72.1 Å². The van der Waals surface area contributed by atoms with Crippen LogP contribution in [0.2, 0.25) is 0 Å². The molecule has 0 saturated carbocycles. The Morgan fingerprint density at radius 2 is 2.17 bits per heavy atom. The third kappa shape index (κ3) is 1.36. The third-order valence-corrected chi connectivity index (χ3v) is 2.15. The first-order valence-corrected chi connectivity index (χ1v) is 4.15. The predicted molar refractivity (Wildman–Crippen MR) is 45.6 cm³/mol. The van der Waals surface area contributed by atoms with Crippen LogP contribution in [0.3, 0.4) is 0 Å². The van der Waals surface area contributed by atoms with Gasteiger partial charge in [0.1, 0.15) is 6.79 Å². The highest BCUT2D eigenvalue weighted by Crippen LogP contribution is 2.24. The molecule has 1 heterocycles. The largest absolute Gasteiger partial charge is 0.351 e. The van der Waals surface area contributed by atoms with Gasteiger partial charge in [-0.2, -0.15) is 0 Å². The quantitative estimate of drug-likeness (QED) is 0.585. The highest BCUT2D eigenvalue weighted by atomic mass is 16.7. The van der Waals surface area contributed by atoms with Gasteiger partial charge in [0, 0.05) is 0 Å². The number of benzene rings is 1. The molecule has 0 radical (unpaired) electrons. The standard InChI is InChI=1S/C10H12O2/c1-8-10-5-3-2-4-9(10)6-11-7-12-8/h2-5,8H,6-7H2,1H3. The molecule has 0 spiro atoms. The molecule has 2 nitrogen and oxygen atoms in total. The molecule has 0 aliphatic carbocycles. The molecule has 0 saturated heterocycles. The second kappa shape index (κ2) is 3.25.